The fraction of sp³-hybridized carbons (Fsp3) is 1.00. The highest BCUT2D eigenvalue weighted by Crippen LogP contribution is 2.44. The lowest BCUT2D eigenvalue weighted by molar-refractivity contribution is -0.0843. The summed E-state index contributed by atoms with van der Waals surface area (Å²) in [5.41, 5.74) is 0. The second kappa shape index (κ2) is 39.9. The topological polar surface area (TPSA) is 71.4 Å². The summed E-state index contributed by atoms with van der Waals surface area (Å²) in [7, 11) is -1.62. The fourth-order valence-corrected chi connectivity index (χ4v) is 7.23. The average Bonchev–Trinajstić information content (AvgIpc) is 3.08. The Morgan fingerprint density at radius 2 is 0.979 bits per heavy atom. The SMILES string of the molecule is CC.CCCCCCCCCCOC(CCCCCCCCCCCCC(C)CC)OS(C)(C)OCCCCCCN(CCO)CCO. The third-order valence-corrected chi connectivity index (χ3v) is 10.7. The molecule has 0 radical (unpaired) electrons. The van der Waals surface area contributed by atoms with Gasteiger partial charge in [-0.25, -0.2) is 0 Å². The minimum Gasteiger partial charge on any atom is -0.395 e. The molecule has 2 N–H and O–H groups in total. The summed E-state index contributed by atoms with van der Waals surface area (Å²) >= 11 is 0. The van der Waals surface area contributed by atoms with E-state index in [1.54, 1.807) is 0 Å². The minimum absolute atomic E-state index is 0.147. The molecule has 6 nitrogen and oxygen atoms in total. The van der Waals surface area contributed by atoms with Gasteiger partial charge in [-0.15, -0.1) is 0 Å². The molecule has 7 heteroatoms. The Labute approximate surface area is 304 Å². The van der Waals surface area contributed by atoms with Gasteiger partial charge >= 0.3 is 0 Å². The monoisotopic (exact) mass is 708 g/mol. The lowest BCUT2D eigenvalue weighted by Gasteiger charge is -2.38. The molecule has 0 heterocycles. The van der Waals surface area contributed by atoms with Gasteiger partial charge in [0.15, 0.2) is 6.29 Å². The van der Waals surface area contributed by atoms with Crippen molar-refractivity contribution in [3.63, 3.8) is 0 Å². The van der Waals surface area contributed by atoms with E-state index in [-0.39, 0.29) is 19.5 Å². The van der Waals surface area contributed by atoms with Crippen molar-refractivity contribution in [2.75, 3.05) is 58.6 Å². The normalized spacial score (nSPS) is 13.5. The highest BCUT2D eigenvalue weighted by atomic mass is 32.3. The molecule has 294 valence electrons. The van der Waals surface area contributed by atoms with Crippen LogP contribution in [0.25, 0.3) is 0 Å². The van der Waals surface area contributed by atoms with Crippen LogP contribution in [-0.2, 0) is 13.1 Å². The van der Waals surface area contributed by atoms with Crippen LogP contribution in [0.2, 0.25) is 0 Å². The molecule has 0 aromatic rings. The van der Waals surface area contributed by atoms with E-state index in [1.165, 1.54) is 116 Å². The smallest absolute Gasteiger partial charge is 0.180 e. The van der Waals surface area contributed by atoms with Gasteiger partial charge in [-0.3, -0.25) is 13.3 Å². The van der Waals surface area contributed by atoms with Gasteiger partial charge in [-0.05, 0) is 38.1 Å². The van der Waals surface area contributed by atoms with Gasteiger partial charge in [0.05, 0.1) is 19.8 Å². The highest BCUT2D eigenvalue weighted by Gasteiger charge is 2.18. The summed E-state index contributed by atoms with van der Waals surface area (Å²) < 4.78 is 19.1. The third kappa shape index (κ3) is 37.4. The van der Waals surface area contributed by atoms with E-state index < -0.39 is 10.6 Å². The summed E-state index contributed by atoms with van der Waals surface area (Å²) in [4.78, 5) is 2.13. The van der Waals surface area contributed by atoms with Crippen LogP contribution in [0.4, 0.5) is 0 Å². The zero-order chi connectivity index (χ0) is 36.0. The van der Waals surface area contributed by atoms with Crippen molar-refractivity contribution in [1.29, 1.82) is 0 Å². The van der Waals surface area contributed by atoms with Crippen molar-refractivity contribution < 1.29 is 23.3 Å². The van der Waals surface area contributed by atoms with Gasteiger partial charge in [0.1, 0.15) is 0 Å². The Morgan fingerprint density at radius 3 is 1.48 bits per heavy atom. The minimum atomic E-state index is -1.62. The number of ether oxygens (including phenoxy) is 1. The molecule has 48 heavy (non-hydrogen) atoms. The molecule has 0 saturated heterocycles. The zero-order valence-electron chi connectivity index (χ0n) is 33.8. The molecule has 0 aromatic heterocycles. The van der Waals surface area contributed by atoms with Crippen molar-refractivity contribution in [1.82, 2.24) is 4.90 Å². The van der Waals surface area contributed by atoms with Crippen LogP contribution in [0.15, 0.2) is 0 Å². The van der Waals surface area contributed by atoms with Gasteiger partial charge in [0.2, 0.25) is 0 Å². The van der Waals surface area contributed by atoms with Gasteiger partial charge < -0.3 is 14.9 Å². The maximum absolute atomic E-state index is 9.18. The van der Waals surface area contributed by atoms with Crippen LogP contribution in [0.5, 0.6) is 0 Å². The standard InChI is InChI=1S/C39H83NO5S.C2H6/c1-6-8-9-10-11-18-22-27-36-43-39(30-25-20-17-15-13-12-14-16-19-24-29-38(3)7-2)45-46(4,5)44-37-28-23-21-26-31-40(32-34-41)33-35-42;1-2/h38-39,41-42H,6-37H2,1-5H3;1-2H3. The number of aliphatic hydroxyl groups excluding tert-OH is 2. The first kappa shape index (κ1) is 50.2. The van der Waals surface area contributed by atoms with E-state index in [4.69, 9.17) is 13.1 Å². The molecule has 0 bridgehead atoms. The van der Waals surface area contributed by atoms with E-state index in [2.05, 4.69) is 38.2 Å². The Morgan fingerprint density at radius 1 is 0.542 bits per heavy atom. The number of hydrogen-bond acceptors (Lipinski definition) is 6. The molecule has 0 aromatic carbocycles. The van der Waals surface area contributed by atoms with Gasteiger partial charge in [0.25, 0.3) is 0 Å². The summed E-state index contributed by atoms with van der Waals surface area (Å²) in [6.07, 6.45) is 36.2. The van der Waals surface area contributed by atoms with E-state index in [0.29, 0.717) is 13.1 Å². The molecule has 0 aliphatic rings. The average molecular weight is 708 g/mol. The van der Waals surface area contributed by atoms with E-state index in [1.807, 2.05) is 13.8 Å². The maximum atomic E-state index is 9.18. The summed E-state index contributed by atoms with van der Waals surface area (Å²) in [6, 6.07) is 0. The number of rotatable bonds is 38. The quantitative estimate of drug-likeness (QED) is 0.0492. The van der Waals surface area contributed by atoms with Gasteiger partial charge in [-0.2, -0.15) is 10.6 Å². The van der Waals surface area contributed by atoms with Crippen LogP contribution in [0.3, 0.4) is 0 Å². The maximum Gasteiger partial charge on any atom is 0.180 e. The predicted molar refractivity (Wildman–Crippen MR) is 214 cm³/mol. The second-order valence-corrected chi connectivity index (χ2v) is 16.9. The summed E-state index contributed by atoms with van der Waals surface area (Å²) in [5, 5.41) is 18.4. The van der Waals surface area contributed by atoms with Crippen LogP contribution in [0.1, 0.15) is 195 Å². The number of nitrogens with zero attached hydrogens (tertiary/aromatic N) is 1. The Hall–Kier alpha value is 0.110. The van der Waals surface area contributed by atoms with E-state index in [9.17, 15) is 10.2 Å². The van der Waals surface area contributed by atoms with Crippen LogP contribution in [-0.4, -0.2) is 80.0 Å². The Kier molecular flexibility index (Phi) is 41.7. The molecular formula is C41H89NO5S. The van der Waals surface area contributed by atoms with Crippen molar-refractivity contribution in [2.24, 2.45) is 5.92 Å². The third-order valence-electron chi connectivity index (χ3n) is 9.29. The Balaban J connectivity index is 0. The fourth-order valence-electron chi connectivity index (χ4n) is 5.99. The number of unbranched alkanes of at least 4 members (excludes halogenated alkanes) is 19. The lowest BCUT2D eigenvalue weighted by Crippen LogP contribution is -2.30. The first-order valence-corrected chi connectivity index (χ1v) is 23.3. The number of aliphatic hydroxyl groups is 2. The first-order valence-electron chi connectivity index (χ1n) is 21.0. The molecule has 0 fully saturated rings. The molecule has 0 aliphatic carbocycles. The van der Waals surface area contributed by atoms with E-state index >= 15 is 0 Å². The van der Waals surface area contributed by atoms with Crippen molar-refractivity contribution in [2.45, 2.75) is 201 Å². The molecule has 0 rings (SSSR count). The van der Waals surface area contributed by atoms with Crippen molar-refractivity contribution in [3.8, 4) is 0 Å². The molecule has 0 aliphatic heterocycles. The highest BCUT2D eigenvalue weighted by molar-refractivity contribution is 8.24. The Bertz CT molecular complexity index is 591. The second-order valence-electron chi connectivity index (χ2n) is 14.2. The predicted octanol–water partition coefficient (Wildman–Crippen LogP) is 12.0. The van der Waals surface area contributed by atoms with Crippen LogP contribution >= 0.6 is 10.6 Å². The van der Waals surface area contributed by atoms with Crippen molar-refractivity contribution in [3.05, 3.63) is 0 Å². The largest absolute Gasteiger partial charge is 0.395 e. The molecule has 0 spiro atoms. The summed E-state index contributed by atoms with van der Waals surface area (Å²) in [6.45, 7) is 15.0. The molecule has 2 atom stereocenters. The van der Waals surface area contributed by atoms with Crippen LogP contribution < -0.4 is 0 Å². The number of hydrogen-bond donors (Lipinski definition) is 2. The summed E-state index contributed by atoms with van der Waals surface area (Å²) in [5.74, 6) is 0.904. The molecule has 0 amide bonds. The lowest BCUT2D eigenvalue weighted by atomic mass is 9.99. The molecule has 0 saturated carbocycles. The zero-order valence-corrected chi connectivity index (χ0v) is 34.6. The van der Waals surface area contributed by atoms with E-state index in [0.717, 1.165) is 70.6 Å². The molecular weight excluding hydrogens is 619 g/mol. The van der Waals surface area contributed by atoms with Crippen LogP contribution in [0, 0.1) is 5.92 Å². The first-order chi connectivity index (χ1) is 23.4. The van der Waals surface area contributed by atoms with Crippen molar-refractivity contribution >= 4 is 10.6 Å². The van der Waals surface area contributed by atoms with Gasteiger partial charge in [0, 0.05) is 38.6 Å². The van der Waals surface area contributed by atoms with Gasteiger partial charge in [-0.1, -0.05) is 163 Å². The molecule has 2 unspecified atom stereocenters.